The van der Waals surface area contributed by atoms with E-state index >= 15 is 0 Å². The maximum atomic E-state index is 11.5. The molecule has 0 aliphatic carbocycles. The van der Waals surface area contributed by atoms with Crippen LogP contribution in [-0.2, 0) is 10.4 Å². The quantitative estimate of drug-likeness (QED) is 0.834. The third-order valence-electron chi connectivity index (χ3n) is 3.00. The first-order valence-corrected chi connectivity index (χ1v) is 5.25. The maximum Gasteiger partial charge on any atom is 0.165 e. The molecule has 2 heteroatoms. The molecule has 1 atom stereocenters. The minimum absolute atomic E-state index is 0.246. The molecule has 0 aliphatic heterocycles. The second-order valence-corrected chi connectivity index (χ2v) is 4.16. The highest BCUT2D eigenvalue weighted by molar-refractivity contribution is 5.94. The minimum Gasteiger partial charge on any atom is -0.378 e. The molecule has 0 aromatic heterocycles. The first-order valence-electron chi connectivity index (χ1n) is 5.25. The van der Waals surface area contributed by atoms with Crippen LogP contribution in [0.3, 0.4) is 0 Å². The van der Waals surface area contributed by atoms with Crippen molar-refractivity contribution in [2.24, 2.45) is 0 Å². The molecule has 2 aromatic rings. The van der Waals surface area contributed by atoms with Gasteiger partial charge in [0.1, 0.15) is 5.60 Å². The summed E-state index contributed by atoms with van der Waals surface area (Å²) in [7, 11) is 0. The van der Waals surface area contributed by atoms with Crippen LogP contribution in [0.1, 0.15) is 19.4 Å². The van der Waals surface area contributed by atoms with Crippen molar-refractivity contribution in [3.8, 4) is 0 Å². The third-order valence-corrected chi connectivity index (χ3v) is 3.00. The number of ketones is 1. The van der Waals surface area contributed by atoms with Crippen molar-refractivity contribution in [3.05, 3.63) is 48.0 Å². The lowest BCUT2D eigenvalue weighted by Gasteiger charge is -2.22. The zero-order valence-electron chi connectivity index (χ0n) is 9.40. The smallest absolute Gasteiger partial charge is 0.165 e. The molecule has 0 saturated heterocycles. The van der Waals surface area contributed by atoms with Gasteiger partial charge in [-0.1, -0.05) is 42.5 Å². The van der Waals surface area contributed by atoms with Crippen LogP contribution in [0.2, 0.25) is 0 Å². The van der Waals surface area contributed by atoms with Crippen LogP contribution < -0.4 is 0 Å². The predicted molar refractivity (Wildman–Crippen MR) is 64.2 cm³/mol. The first kappa shape index (κ1) is 10.8. The van der Waals surface area contributed by atoms with Crippen LogP contribution in [-0.4, -0.2) is 10.9 Å². The van der Waals surface area contributed by atoms with E-state index in [1.807, 2.05) is 36.4 Å². The summed E-state index contributed by atoms with van der Waals surface area (Å²) in [6, 6.07) is 13.3. The van der Waals surface area contributed by atoms with Gasteiger partial charge in [-0.2, -0.15) is 0 Å². The molecule has 0 fully saturated rings. The summed E-state index contributed by atoms with van der Waals surface area (Å²) < 4.78 is 0. The van der Waals surface area contributed by atoms with Gasteiger partial charge in [-0.05, 0) is 30.2 Å². The van der Waals surface area contributed by atoms with Crippen molar-refractivity contribution >= 4 is 16.6 Å². The molecule has 1 N–H and O–H groups in total. The Balaban J connectivity index is 2.74. The van der Waals surface area contributed by atoms with Gasteiger partial charge in [0, 0.05) is 0 Å². The van der Waals surface area contributed by atoms with Crippen molar-refractivity contribution in [1.29, 1.82) is 0 Å². The summed E-state index contributed by atoms with van der Waals surface area (Å²) in [6.45, 7) is 2.94. The SMILES string of the molecule is CC(=O)C(C)(O)c1cccc2ccccc12. The van der Waals surface area contributed by atoms with Crippen LogP contribution >= 0.6 is 0 Å². The Labute approximate surface area is 94.5 Å². The Kier molecular flexibility index (Phi) is 2.52. The van der Waals surface area contributed by atoms with Gasteiger partial charge in [0.25, 0.3) is 0 Å². The molecular weight excluding hydrogens is 200 g/mol. The van der Waals surface area contributed by atoms with E-state index in [9.17, 15) is 9.90 Å². The molecule has 0 heterocycles. The van der Waals surface area contributed by atoms with Gasteiger partial charge in [-0.25, -0.2) is 0 Å². The highest BCUT2D eigenvalue weighted by Gasteiger charge is 2.29. The molecule has 16 heavy (non-hydrogen) atoms. The number of fused-ring (bicyclic) bond motifs is 1. The Bertz CT molecular complexity index is 536. The van der Waals surface area contributed by atoms with Gasteiger partial charge in [-0.15, -0.1) is 0 Å². The van der Waals surface area contributed by atoms with Crippen LogP contribution in [0.4, 0.5) is 0 Å². The van der Waals surface area contributed by atoms with Crippen molar-refractivity contribution in [1.82, 2.24) is 0 Å². The molecule has 0 amide bonds. The lowest BCUT2D eigenvalue weighted by Crippen LogP contribution is -2.30. The molecule has 0 bridgehead atoms. The molecule has 0 spiro atoms. The molecule has 2 rings (SSSR count). The van der Waals surface area contributed by atoms with Crippen LogP contribution in [0.5, 0.6) is 0 Å². The normalized spacial score (nSPS) is 14.7. The molecule has 2 aromatic carbocycles. The van der Waals surface area contributed by atoms with Crippen molar-refractivity contribution < 1.29 is 9.90 Å². The van der Waals surface area contributed by atoms with Gasteiger partial charge in [0.05, 0.1) is 0 Å². The fourth-order valence-electron chi connectivity index (χ4n) is 1.84. The number of benzene rings is 2. The second kappa shape index (κ2) is 3.72. The van der Waals surface area contributed by atoms with E-state index in [0.717, 1.165) is 10.8 Å². The van der Waals surface area contributed by atoms with E-state index < -0.39 is 5.60 Å². The van der Waals surface area contributed by atoms with Crippen molar-refractivity contribution in [2.75, 3.05) is 0 Å². The molecule has 2 nitrogen and oxygen atoms in total. The van der Waals surface area contributed by atoms with E-state index in [-0.39, 0.29) is 5.78 Å². The number of hydrogen-bond donors (Lipinski definition) is 1. The zero-order valence-corrected chi connectivity index (χ0v) is 9.40. The second-order valence-electron chi connectivity index (χ2n) is 4.16. The first-order chi connectivity index (χ1) is 7.53. The lowest BCUT2D eigenvalue weighted by atomic mass is 9.88. The van der Waals surface area contributed by atoms with E-state index in [4.69, 9.17) is 0 Å². The van der Waals surface area contributed by atoms with Crippen molar-refractivity contribution in [3.63, 3.8) is 0 Å². The Morgan fingerprint density at radius 3 is 2.44 bits per heavy atom. The summed E-state index contributed by atoms with van der Waals surface area (Å²) in [6.07, 6.45) is 0. The standard InChI is InChI=1S/C14H14O2/c1-10(15)14(2,16)13-9-5-7-11-6-3-4-8-12(11)13/h3-9,16H,1-2H3. The summed E-state index contributed by atoms with van der Waals surface area (Å²) >= 11 is 0. The molecule has 0 saturated carbocycles. The van der Waals surface area contributed by atoms with Crippen LogP contribution in [0.25, 0.3) is 10.8 Å². The van der Waals surface area contributed by atoms with Crippen molar-refractivity contribution in [2.45, 2.75) is 19.4 Å². The number of rotatable bonds is 2. The monoisotopic (exact) mass is 214 g/mol. The van der Waals surface area contributed by atoms with Gasteiger partial charge in [0.15, 0.2) is 5.78 Å². The number of aliphatic hydroxyl groups is 1. The van der Waals surface area contributed by atoms with Crippen LogP contribution in [0, 0.1) is 0 Å². The van der Waals surface area contributed by atoms with Crippen LogP contribution in [0.15, 0.2) is 42.5 Å². The number of carbonyl (C=O) groups excluding carboxylic acids is 1. The highest BCUT2D eigenvalue weighted by atomic mass is 16.3. The van der Waals surface area contributed by atoms with Gasteiger partial charge in [0.2, 0.25) is 0 Å². The fourth-order valence-corrected chi connectivity index (χ4v) is 1.84. The average Bonchev–Trinajstić information content (AvgIpc) is 2.28. The molecule has 0 aliphatic rings. The predicted octanol–water partition coefficient (Wildman–Crippen LogP) is 2.64. The number of Topliss-reactive ketones (excluding diaryl/α,β-unsaturated/α-hetero) is 1. The van der Waals surface area contributed by atoms with Gasteiger partial charge < -0.3 is 5.11 Å². The summed E-state index contributed by atoms with van der Waals surface area (Å²) in [5, 5.41) is 12.2. The molecule has 0 radical (unpaired) electrons. The summed E-state index contributed by atoms with van der Waals surface area (Å²) in [4.78, 5) is 11.5. The summed E-state index contributed by atoms with van der Waals surface area (Å²) in [5.74, 6) is -0.246. The average molecular weight is 214 g/mol. The lowest BCUT2D eigenvalue weighted by molar-refractivity contribution is -0.134. The van der Waals surface area contributed by atoms with Gasteiger partial charge >= 0.3 is 0 Å². The molecule has 1 unspecified atom stereocenters. The van der Waals surface area contributed by atoms with Gasteiger partial charge in [-0.3, -0.25) is 4.79 Å². The number of hydrogen-bond acceptors (Lipinski definition) is 2. The Morgan fingerprint density at radius 2 is 1.75 bits per heavy atom. The Morgan fingerprint density at radius 1 is 1.12 bits per heavy atom. The highest BCUT2D eigenvalue weighted by Crippen LogP contribution is 2.29. The fraction of sp³-hybridized carbons (Fsp3) is 0.214. The van der Waals surface area contributed by atoms with E-state index in [2.05, 4.69) is 0 Å². The third kappa shape index (κ3) is 1.61. The minimum atomic E-state index is -1.42. The van der Waals surface area contributed by atoms with E-state index in [1.165, 1.54) is 13.8 Å². The maximum absolute atomic E-state index is 11.5. The van der Waals surface area contributed by atoms with E-state index in [1.54, 1.807) is 6.07 Å². The topological polar surface area (TPSA) is 37.3 Å². The molecule has 82 valence electrons. The largest absolute Gasteiger partial charge is 0.378 e. The summed E-state index contributed by atoms with van der Waals surface area (Å²) in [5.41, 5.74) is -0.751. The zero-order chi connectivity index (χ0) is 11.8. The van der Waals surface area contributed by atoms with E-state index in [0.29, 0.717) is 5.56 Å². The molecular formula is C14H14O2. The Hall–Kier alpha value is -1.67. The number of carbonyl (C=O) groups is 1.